The minimum atomic E-state index is -0.770. The van der Waals surface area contributed by atoms with E-state index in [9.17, 15) is 14.7 Å². The predicted octanol–water partition coefficient (Wildman–Crippen LogP) is 2.19. The number of likely N-dealkylation sites (N-methyl/N-ethyl adjacent to an activating group) is 1. The number of carboxylic acids is 1. The van der Waals surface area contributed by atoms with Gasteiger partial charge in [0.15, 0.2) is 0 Å². The molecule has 0 aliphatic carbocycles. The summed E-state index contributed by atoms with van der Waals surface area (Å²) >= 11 is 0. The van der Waals surface area contributed by atoms with E-state index in [1.165, 1.54) is 0 Å². The molecule has 1 heterocycles. The van der Waals surface area contributed by atoms with Gasteiger partial charge in [0.25, 0.3) is 0 Å². The molecule has 0 aromatic heterocycles. The van der Waals surface area contributed by atoms with Crippen molar-refractivity contribution in [3.05, 3.63) is 12.2 Å². The van der Waals surface area contributed by atoms with E-state index >= 15 is 0 Å². The Morgan fingerprint density at radius 1 is 1.37 bits per heavy atom. The zero-order valence-corrected chi connectivity index (χ0v) is 12.1. The Morgan fingerprint density at radius 3 is 2.26 bits per heavy atom. The SMILES string of the molecule is C=C(C)CN(CC)C(=O)N1CCC(C)(C(=O)O)CC1. The van der Waals surface area contributed by atoms with Gasteiger partial charge >= 0.3 is 12.0 Å². The number of urea groups is 1. The predicted molar refractivity (Wildman–Crippen MR) is 74.0 cm³/mol. The topological polar surface area (TPSA) is 60.9 Å². The maximum atomic E-state index is 12.3. The van der Waals surface area contributed by atoms with E-state index in [2.05, 4.69) is 6.58 Å². The second kappa shape index (κ2) is 6.08. The number of hydrogen-bond acceptors (Lipinski definition) is 2. The molecule has 0 radical (unpaired) electrons. The summed E-state index contributed by atoms with van der Waals surface area (Å²) in [4.78, 5) is 27.0. The Balaban J connectivity index is 2.61. The molecule has 0 atom stereocenters. The van der Waals surface area contributed by atoms with Crippen LogP contribution in [0.4, 0.5) is 4.79 Å². The molecule has 1 fully saturated rings. The molecular weight excluding hydrogens is 244 g/mol. The van der Waals surface area contributed by atoms with Crippen molar-refractivity contribution in [2.75, 3.05) is 26.2 Å². The molecule has 5 heteroatoms. The first-order valence-electron chi connectivity index (χ1n) is 6.72. The van der Waals surface area contributed by atoms with Crippen molar-refractivity contribution in [1.82, 2.24) is 9.80 Å². The third kappa shape index (κ3) is 3.72. The number of carbonyl (C=O) groups is 2. The average molecular weight is 268 g/mol. The molecular formula is C14H24N2O3. The Bertz CT molecular complexity index is 371. The first kappa shape index (κ1) is 15.5. The van der Waals surface area contributed by atoms with Gasteiger partial charge in [-0.05, 0) is 33.6 Å². The number of likely N-dealkylation sites (tertiary alicyclic amines) is 1. The highest BCUT2D eigenvalue weighted by Crippen LogP contribution is 2.31. The van der Waals surface area contributed by atoms with Crippen LogP contribution in [0.1, 0.15) is 33.6 Å². The van der Waals surface area contributed by atoms with Crippen LogP contribution in [0.5, 0.6) is 0 Å². The highest BCUT2D eigenvalue weighted by atomic mass is 16.4. The number of nitrogens with zero attached hydrogens (tertiary/aromatic N) is 2. The number of piperidine rings is 1. The van der Waals surface area contributed by atoms with E-state index in [0.717, 1.165) is 5.57 Å². The van der Waals surface area contributed by atoms with Crippen LogP contribution in [0.25, 0.3) is 0 Å². The first-order valence-corrected chi connectivity index (χ1v) is 6.72. The van der Waals surface area contributed by atoms with E-state index < -0.39 is 11.4 Å². The molecule has 0 saturated carbocycles. The summed E-state index contributed by atoms with van der Waals surface area (Å²) < 4.78 is 0. The second-order valence-corrected chi connectivity index (χ2v) is 5.61. The van der Waals surface area contributed by atoms with Crippen molar-refractivity contribution in [3.8, 4) is 0 Å². The Labute approximate surface area is 114 Å². The van der Waals surface area contributed by atoms with Crippen molar-refractivity contribution < 1.29 is 14.7 Å². The van der Waals surface area contributed by atoms with Crippen molar-refractivity contribution in [2.45, 2.75) is 33.6 Å². The van der Waals surface area contributed by atoms with Gasteiger partial charge in [-0.25, -0.2) is 4.79 Å². The third-order valence-corrected chi connectivity index (χ3v) is 3.77. The van der Waals surface area contributed by atoms with Crippen LogP contribution in [0.2, 0.25) is 0 Å². The number of rotatable bonds is 4. The zero-order chi connectivity index (χ0) is 14.6. The van der Waals surface area contributed by atoms with Crippen LogP contribution in [0.15, 0.2) is 12.2 Å². The molecule has 1 aliphatic heterocycles. The van der Waals surface area contributed by atoms with Crippen molar-refractivity contribution in [2.24, 2.45) is 5.41 Å². The van der Waals surface area contributed by atoms with Gasteiger partial charge in [-0.15, -0.1) is 0 Å². The number of aliphatic carboxylic acids is 1. The van der Waals surface area contributed by atoms with Gasteiger partial charge in [0.2, 0.25) is 0 Å². The number of carboxylic acid groups (broad SMARTS) is 1. The van der Waals surface area contributed by atoms with E-state index in [1.807, 2.05) is 13.8 Å². The first-order chi connectivity index (χ1) is 8.80. The van der Waals surface area contributed by atoms with E-state index in [0.29, 0.717) is 39.0 Å². The smallest absolute Gasteiger partial charge is 0.320 e. The van der Waals surface area contributed by atoms with Gasteiger partial charge in [0, 0.05) is 26.2 Å². The van der Waals surface area contributed by atoms with Crippen LogP contribution in [0, 0.1) is 5.41 Å². The quantitative estimate of drug-likeness (QED) is 0.795. The van der Waals surface area contributed by atoms with Gasteiger partial charge < -0.3 is 14.9 Å². The Hall–Kier alpha value is -1.52. The molecule has 0 unspecified atom stereocenters. The van der Waals surface area contributed by atoms with E-state index in [-0.39, 0.29) is 6.03 Å². The minimum Gasteiger partial charge on any atom is -0.481 e. The number of amides is 2. The second-order valence-electron chi connectivity index (χ2n) is 5.61. The molecule has 19 heavy (non-hydrogen) atoms. The van der Waals surface area contributed by atoms with E-state index in [4.69, 9.17) is 0 Å². The maximum absolute atomic E-state index is 12.3. The van der Waals surface area contributed by atoms with Crippen LogP contribution in [-0.2, 0) is 4.79 Å². The summed E-state index contributed by atoms with van der Waals surface area (Å²) in [6, 6.07) is -0.0158. The van der Waals surface area contributed by atoms with Crippen molar-refractivity contribution in [3.63, 3.8) is 0 Å². The molecule has 0 spiro atoms. The molecule has 0 bridgehead atoms. The molecule has 108 valence electrons. The van der Waals surface area contributed by atoms with Crippen molar-refractivity contribution >= 4 is 12.0 Å². The molecule has 1 saturated heterocycles. The van der Waals surface area contributed by atoms with Gasteiger partial charge in [0.05, 0.1) is 5.41 Å². The summed E-state index contributed by atoms with van der Waals surface area (Å²) in [6.07, 6.45) is 1.03. The lowest BCUT2D eigenvalue weighted by atomic mass is 9.80. The monoisotopic (exact) mass is 268 g/mol. The number of hydrogen-bond donors (Lipinski definition) is 1. The molecule has 1 aliphatic rings. The summed E-state index contributed by atoms with van der Waals surface area (Å²) in [7, 11) is 0. The number of carbonyl (C=O) groups excluding carboxylic acids is 1. The van der Waals surface area contributed by atoms with Gasteiger partial charge in [-0.1, -0.05) is 12.2 Å². The highest BCUT2D eigenvalue weighted by Gasteiger charge is 2.38. The van der Waals surface area contributed by atoms with Gasteiger partial charge in [0.1, 0.15) is 0 Å². The lowest BCUT2D eigenvalue weighted by Crippen LogP contribution is -2.50. The Morgan fingerprint density at radius 2 is 1.89 bits per heavy atom. The molecule has 0 aromatic carbocycles. The Kier molecular flexibility index (Phi) is 4.97. The molecule has 0 aromatic rings. The summed E-state index contributed by atoms with van der Waals surface area (Å²) in [5, 5.41) is 9.17. The zero-order valence-electron chi connectivity index (χ0n) is 12.1. The molecule has 2 amide bonds. The van der Waals surface area contributed by atoms with Crippen LogP contribution in [-0.4, -0.2) is 53.1 Å². The standard InChI is InChI=1S/C14H24N2O3/c1-5-15(10-11(2)3)13(19)16-8-6-14(4,7-9-16)12(17)18/h2,5-10H2,1,3-4H3,(H,17,18). The minimum absolute atomic E-state index is 0.0158. The van der Waals surface area contributed by atoms with Crippen LogP contribution < -0.4 is 0 Å². The molecule has 5 nitrogen and oxygen atoms in total. The normalized spacial score (nSPS) is 17.9. The average Bonchev–Trinajstić information content (AvgIpc) is 2.35. The maximum Gasteiger partial charge on any atom is 0.320 e. The fourth-order valence-electron chi connectivity index (χ4n) is 2.25. The largest absolute Gasteiger partial charge is 0.481 e. The van der Waals surface area contributed by atoms with Gasteiger partial charge in [-0.3, -0.25) is 4.79 Å². The van der Waals surface area contributed by atoms with Crippen LogP contribution >= 0.6 is 0 Å². The fraction of sp³-hybridized carbons (Fsp3) is 0.714. The summed E-state index contributed by atoms with van der Waals surface area (Å²) in [5.74, 6) is -0.770. The summed E-state index contributed by atoms with van der Waals surface area (Å²) in [5.41, 5.74) is 0.255. The highest BCUT2D eigenvalue weighted by molar-refractivity contribution is 5.77. The lowest BCUT2D eigenvalue weighted by molar-refractivity contribution is -0.150. The summed E-state index contributed by atoms with van der Waals surface area (Å²) in [6.45, 7) is 11.6. The van der Waals surface area contributed by atoms with E-state index in [1.54, 1.807) is 16.7 Å². The van der Waals surface area contributed by atoms with Crippen LogP contribution in [0.3, 0.4) is 0 Å². The third-order valence-electron chi connectivity index (χ3n) is 3.77. The van der Waals surface area contributed by atoms with Crippen molar-refractivity contribution in [1.29, 1.82) is 0 Å². The van der Waals surface area contributed by atoms with Gasteiger partial charge in [-0.2, -0.15) is 0 Å². The lowest BCUT2D eigenvalue weighted by Gasteiger charge is -2.38. The molecule has 1 N–H and O–H groups in total. The fourth-order valence-corrected chi connectivity index (χ4v) is 2.25. The molecule has 1 rings (SSSR count).